The Morgan fingerprint density at radius 3 is 2.72 bits per heavy atom. The molecule has 4 heteroatoms. The van der Waals surface area contributed by atoms with E-state index in [0.29, 0.717) is 24.7 Å². The summed E-state index contributed by atoms with van der Waals surface area (Å²) >= 11 is 0. The number of allylic oxidation sites excluding steroid dienone is 4. The van der Waals surface area contributed by atoms with Crippen molar-refractivity contribution < 1.29 is 14.3 Å². The predicted molar refractivity (Wildman–Crippen MR) is 95.0 cm³/mol. The number of ketones is 1. The zero-order chi connectivity index (χ0) is 18.8. The number of terminal acetylenes is 1. The molecule has 1 saturated carbocycles. The molecular weight excluding hydrogens is 314 g/mol. The average Bonchev–Trinajstić information content (AvgIpc) is 2.59. The highest BCUT2D eigenvalue weighted by atomic mass is 16.5. The van der Waals surface area contributed by atoms with E-state index in [-0.39, 0.29) is 29.2 Å². The Morgan fingerprint density at radius 1 is 1.52 bits per heavy atom. The number of ether oxygens (including phenoxy) is 1. The van der Waals surface area contributed by atoms with E-state index in [1.54, 1.807) is 12.2 Å². The fraction of sp³-hybridized carbons (Fsp3) is 0.571. The number of esters is 1. The van der Waals surface area contributed by atoms with Crippen LogP contribution in [0.25, 0.3) is 0 Å². The Hall–Kier alpha value is -2.33. The van der Waals surface area contributed by atoms with Gasteiger partial charge in [0.05, 0.1) is 18.1 Å². The summed E-state index contributed by atoms with van der Waals surface area (Å²) in [6.07, 6.45) is 11.6. The van der Waals surface area contributed by atoms with Gasteiger partial charge in [-0.25, -0.2) is 0 Å². The minimum Gasteiger partial charge on any atom is -0.469 e. The number of rotatable bonds is 4. The fourth-order valence-corrected chi connectivity index (χ4v) is 4.65. The summed E-state index contributed by atoms with van der Waals surface area (Å²) < 4.78 is 4.80. The van der Waals surface area contributed by atoms with Gasteiger partial charge in [0.2, 0.25) is 0 Å². The lowest BCUT2D eigenvalue weighted by molar-refractivity contribution is -0.141. The Balaban J connectivity index is 2.55. The van der Waals surface area contributed by atoms with Crippen LogP contribution in [0, 0.1) is 46.3 Å². The van der Waals surface area contributed by atoms with Crippen LogP contribution in [0.1, 0.15) is 46.5 Å². The fourth-order valence-electron chi connectivity index (χ4n) is 4.65. The summed E-state index contributed by atoms with van der Waals surface area (Å²) in [5.74, 6) is 2.98. The van der Waals surface area contributed by atoms with Gasteiger partial charge >= 0.3 is 5.97 Å². The summed E-state index contributed by atoms with van der Waals surface area (Å²) in [5, 5.41) is 9.24. The number of methoxy groups -OCH3 is 1. The number of fused-ring (bicyclic) bond motifs is 1. The summed E-state index contributed by atoms with van der Waals surface area (Å²) in [7, 11) is 1.38. The highest BCUT2D eigenvalue weighted by Crippen LogP contribution is 2.59. The summed E-state index contributed by atoms with van der Waals surface area (Å²) in [4.78, 5) is 24.1. The van der Waals surface area contributed by atoms with Crippen LogP contribution in [0.5, 0.6) is 0 Å². The van der Waals surface area contributed by atoms with Crippen molar-refractivity contribution in [3.8, 4) is 18.4 Å². The van der Waals surface area contributed by atoms with Gasteiger partial charge in [-0.2, -0.15) is 5.26 Å². The minimum atomic E-state index is -0.713. The predicted octanol–water partition coefficient (Wildman–Crippen LogP) is 3.59. The first-order valence-corrected chi connectivity index (χ1v) is 8.68. The molecule has 1 fully saturated rings. The minimum absolute atomic E-state index is 0.111. The third kappa shape index (κ3) is 3.14. The Bertz CT molecular complexity index is 731. The topological polar surface area (TPSA) is 67.2 Å². The van der Waals surface area contributed by atoms with Crippen molar-refractivity contribution >= 4 is 11.8 Å². The normalized spacial score (nSPS) is 31.3. The molecule has 0 aliphatic heterocycles. The van der Waals surface area contributed by atoms with Gasteiger partial charge in [-0.05, 0) is 54.2 Å². The standard InChI is InChI=1S/C21H25NO3/c1-6-21-10-7-16(14(2)3)20(4,9-8-19(24)25-5)18(21)11-17(23)15(12-21)13-22/h1,11-12,14,16H,7-10H2,2-5H3/t16-,20-,21-/m0/s1. The van der Waals surface area contributed by atoms with Crippen molar-refractivity contribution in [3.05, 3.63) is 23.3 Å². The van der Waals surface area contributed by atoms with Crippen molar-refractivity contribution in [2.45, 2.75) is 46.5 Å². The number of hydrogen-bond donors (Lipinski definition) is 0. The second kappa shape index (κ2) is 6.89. The number of hydrogen-bond acceptors (Lipinski definition) is 4. The van der Waals surface area contributed by atoms with Crippen LogP contribution < -0.4 is 0 Å². The van der Waals surface area contributed by atoms with E-state index in [0.717, 1.165) is 12.0 Å². The van der Waals surface area contributed by atoms with Crippen LogP contribution >= 0.6 is 0 Å². The molecule has 0 aromatic rings. The van der Waals surface area contributed by atoms with Crippen molar-refractivity contribution in [1.82, 2.24) is 0 Å². The van der Waals surface area contributed by atoms with Crippen LogP contribution in [0.15, 0.2) is 23.3 Å². The zero-order valence-electron chi connectivity index (χ0n) is 15.4. The Kier molecular flexibility index (Phi) is 5.23. The number of carbonyl (C=O) groups excluding carboxylic acids is 2. The van der Waals surface area contributed by atoms with E-state index in [4.69, 9.17) is 11.2 Å². The smallest absolute Gasteiger partial charge is 0.305 e. The Morgan fingerprint density at radius 2 is 2.20 bits per heavy atom. The quantitative estimate of drug-likeness (QED) is 0.580. The number of nitriles is 1. The molecule has 0 saturated heterocycles. The van der Waals surface area contributed by atoms with Crippen molar-refractivity contribution in [2.75, 3.05) is 7.11 Å². The van der Waals surface area contributed by atoms with Gasteiger partial charge in [-0.15, -0.1) is 6.42 Å². The van der Waals surface area contributed by atoms with Gasteiger partial charge in [-0.1, -0.05) is 26.7 Å². The second-order valence-electron chi connectivity index (χ2n) is 7.59. The first-order chi connectivity index (χ1) is 11.7. The highest BCUT2D eigenvalue weighted by molar-refractivity contribution is 6.09. The summed E-state index contributed by atoms with van der Waals surface area (Å²) in [6, 6.07) is 1.96. The molecule has 0 radical (unpaired) electrons. The first-order valence-electron chi connectivity index (χ1n) is 8.68. The maximum Gasteiger partial charge on any atom is 0.305 e. The molecule has 3 atom stereocenters. The molecular formula is C21H25NO3. The third-order valence-corrected chi connectivity index (χ3v) is 5.95. The molecule has 0 amide bonds. The molecule has 2 rings (SSSR count). The summed E-state index contributed by atoms with van der Waals surface area (Å²) in [5.41, 5.74) is -0.115. The van der Waals surface area contributed by atoms with E-state index < -0.39 is 5.41 Å². The van der Waals surface area contributed by atoms with Crippen molar-refractivity contribution in [2.24, 2.45) is 22.7 Å². The van der Waals surface area contributed by atoms with Crippen LogP contribution in [0.4, 0.5) is 0 Å². The molecule has 2 aliphatic rings. The molecule has 25 heavy (non-hydrogen) atoms. The maximum atomic E-state index is 12.4. The molecule has 0 heterocycles. The van der Waals surface area contributed by atoms with Crippen molar-refractivity contribution in [1.29, 1.82) is 5.26 Å². The van der Waals surface area contributed by atoms with Gasteiger partial charge in [0, 0.05) is 6.42 Å². The monoisotopic (exact) mass is 339 g/mol. The van der Waals surface area contributed by atoms with E-state index in [9.17, 15) is 14.9 Å². The van der Waals surface area contributed by atoms with E-state index in [1.807, 2.05) is 6.07 Å². The zero-order valence-corrected chi connectivity index (χ0v) is 15.4. The van der Waals surface area contributed by atoms with Crippen LogP contribution in [0.2, 0.25) is 0 Å². The molecule has 0 bridgehead atoms. The molecule has 0 N–H and O–H groups in total. The van der Waals surface area contributed by atoms with Crippen molar-refractivity contribution in [3.63, 3.8) is 0 Å². The number of nitrogens with zero attached hydrogens (tertiary/aromatic N) is 1. The molecule has 0 unspecified atom stereocenters. The van der Waals surface area contributed by atoms with E-state index >= 15 is 0 Å². The molecule has 0 aromatic carbocycles. The maximum absolute atomic E-state index is 12.4. The van der Waals surface area contributed by atoms with Gasteiger partial charge in [-0.3, -0.25) is 9.59 Å². The molecule has 2 aliphatic carbocycles. The lowest BCUT2D eigenvalue weighted by Crippen LogP contribution is -2.46. The van der Waals surface area contributed by atoms with Crippen LogP contribution in [0.3, 0.4) is 0 Å². The Labute approximate surface area is 149 Å². The van der Waals surface area contributed by atoms with Gasteiger partial charge in [0.1, 0.15) is 6.07 Å². The SMILES string of the molecule is C#C[C@]12C=C(C#N)C(=O)C=C1[C@@](C)(CCC(=O)OC)[C@H](C(C)C)CC2. The summed E-state index contributed by atoms with van der Waals surface area (Å²) in [6.45, 7) is 6.41. The molecule has 0 spiro atoms. The molecule has 0 aromatic heterocycles. The van der Waals surface area contributed by atoms with Gasteiger partial charge in [0.15, 0.2) is 5.78 Å². The van der Waals surface area contributed by atoms with Crippen LogP contribution in [-0.4, -0.2) is 18.9 Å². The van der Waals surface area contributed by atoms with Crippen LogP contribution in [-0.2, 0) is 14.3 Å². The highest BCUT2D eigenvalue weighted by Gasteiger charge is 2.52. The third-order valence-electron chi connectivity index (χ3n) is 5.95. The molecule has 4 nitrogen and oxygen atoms in total. The lowest BCUT2D eigenvalue weighted by atomic mass is 9.50. The largest absolute Gasteiger partial charge is 0.469 e. The van der Waals surface area contributed by atoms with Gasteiger partial charge in [0.25, 0.3) is 0 Å². The number of carbonyl (C=O) groups is 2. The van der Waals surface area contributed by atoms with E-state index in [2.05, 4.69) is 26.7 Å². The second-order valence-corrected chi connectivity index (χ2v) is 7.59. The van der Waals surface area contributed by atoms with E-state index in [1.165, 1.54) is 7.11 Å². The average molecular weight is 339 g/mol. The first kappa shape index (κ1) is 19.0. The van der Waals surface area contributed by atoms with Gasteiger partial charge < -0.3 is 4.74 Å². The molecule has 132 valence electrons. The lowest BCUT2D eigenvalue weighted by Gasteiger charge is -2.53.